The third-order valence-corrected chi connectivity index (χ3v) is 3.98. The molecule has 1 amide bonds. The van der Waals surface area contributed by atoms with Crippen LogP contribution in [0.15, 0.2) is 49.1 Å². The first-order valence-corrected chi connectivity index (χ1v) is 8.46. The van der Waals surface area contributed by atoms with Gasteiger partial charge < -0.3 is 14.8 Å². The van der Waals surface area contributed by atoms with Gasteiger partial charge in [-0.25, -0.2) is 0 Å². The highest BCUT2D eigenvalue weighted by molar-refractivity contribution is 6.31. The monoisotopic (exact) mass is 359 g/mol. The number of halogens is 1. The minimum absolute atomic E-state index is 0.161. The number of nitrogens with one attached hydrogen (secondary N) is 1. The van der Waals surface area contributed by atoms with Crippen LogP contribution in [-0.2, 0) is 6.61 Å². The van der Waals surface area contributed by atoms with Gasteiger partial charge in [0.15, 0.2) is 0 Å². The van der Waals surface area contributed by atoms with Gasteiger partial charge in [-0.2, -0.15) is 0 Å². The van der Waals surface area contributed by atoms with E-state index in [2.05, 4.69) is 11.9 Å². The second kappa shape index (κ2) is 9.14. The van der Waals surface area contributed by atoms with E-state index in [4.69, 9.17) is 21.1 Å². The number of carbonyl (C=O) groups excluding carboxylic acids is 1. The molecule has 5 heteroatoms. The van der Waals surface area contributed by atoms with Crippen molar-refractivity contribution in [1.82, 2.24) is 5.32 Å². The number of hydrogen-bond donors (Lipinski definition) is 1. The molecular weight excluding hydrogens is 338 g/mol. The van der Waals surface area contributed by atoms with E-state index in [9.17, 15) is 4.79 Å². The lowest BCUT2D eigenvalue weighted by molar-refractivity contribution is 0.0958. The molecule has 0 fully saturated rings. The van der Waals surface area contributed by atoms with E-state index in [0.29, 0.717) is 41.8 Å². The summed E-state index contributed by atoms with van der Waals surface area (Å²) in [7, 11) is 0. The fraction of sp³-hybridized carbons (Fsp3) is 0.250. The smallest absolute Gasteiger partial charge is 0.251 e. The Bertz CT molecular complexity index is 759. The molecule has 0 aliphatic rings. The maximum Gasteiger partial charge on any atom is 0.251 e. The normalized spacial score (nSPS) is 10.2. The van der Waals surface area contributed by atoms with E-state index < -0.39 is 0 Å². The molecule has 4 nitrogen and oxygen atoms in total. The standard InChI is InChI=1S/C20H22ClNO3/c1-4-10-22-20(23)15-6-9-19(24-5-2)16(12-15)13-25-17-7-8-18(21)14(3)11-17/h4,6-9,11-12H,1,5,10,13H2,2-3H3,(H,22,23). The summed E-state index contributed by atoms with van der Waals surface area (Å²) in [5.41, 5.74) is 2.30. The van der Waals surface area contributed by atoms with Crippen molar-refractivity contribution in [3.63, 3.8) is 0 Å². The van der Waals surface area contributed by atoms with Crippen molar-refractivity contribution >= 4 is 17.5 Å². The zero-order valence-electron chi connectivity index (χ0n) is 14.5. The summed E-state index contributed by atoms with van der Waals surface area (Å²) in [5.74, 6) is 1.26. The Hall–Kier alpha value is -2.46. The largest absolute Gasteiger partial charge is 0.493 e. The molecule has 25 heavy (non-hydrogen) atoms. The molecule has 0 aliphatic carbocycles. The fourth-order valence-corrected chi connectivity index (χ4v) is 2.38. The summed E-state index contributed by atoms with van der Waals surface area (Å²) in [5, 5.41) is 3.46. The van der Waals surface area contributed by atoms with Gasteiger partial charge in [0.05, 0.1) is 6.61 Å². The predicted molar refractivity (Wildman–Crippen MR) is 101 cm³/mol. The van der Waals surface area contributed by atoms with E-state index in [1.54, 1.807) is 30.3 Å². The van der Waals surface area contributed by atoms with Crippen LogP contribution >= 0.6 is 11.6 Å². The van der Waals surface area contributed by atoms with Crippen molar-refractivity contribution < 1.29 is 14.3 Å². The molecule has 2 aromatic rings. The lowest BCUT2D eigenvalue weighted by Gasteiger charge is -2.14. The van der Waals surface area contributed by atoms with E-state index in [0.717, 1.165) is 11.1 Å². The minimum atomic E-state index is -0.161. The number of aryl methyl sites for hydroxylation is 1. The molecule has 0 atom stereocenters. The molecule has 2 rings (SSSR count). The van der Waals surface area contributed by atoms with Crippen LogP contribution in [0.25, 0.3) is 0 Å². The topological polar surface area (TPSA) is 47.6 Å². The molecule has 0 saturated carbocycles. The van der Waals surface area contributed by atoms with Gasteiger partial charge in [-0.05, 0) is 55.8 Å². The van der Waals surface area contributed by atoms with Gasteiger partial charge in [0.25, 0.3) is 5.91 Å². The average Bonchev–Trinajstić information content (AvgIpc) is 2.61. The van der Waals surface area contributed by atoms with Gasteiger partial charge >= 0.3 is 0 Å². The van der Waals surface area contributed by atoms with E-state index in [1.165, 1.54) is 0 Å². The average molecular weight is 360 g/mol. The van der Waals surface area contributed by atoms with E-state index in [1.807, 2.05) is 26.0 Å². The van der Waals surface area contributed by atoms with Crippen LogP contribution in [-0.4, -0.2) is 19.1 Å². The van der Waals surface area contributed by atoms with Crippen molar-refractivity contribution in [3.8, 4) is 11.5 Å². The van der Waals surface area contributed by atoms with Crippen LogP contribution in [0.4, 0.5) is 0 Å². The number of amides is 1. The number of rotatable bonds is 8. The molecule has 0 heterocycles. The molecule has 0 radical (unpaired) electrons. The molecule has 132 valence electrons. The summed E-state index contributed by atoms with van der Waals surface area (Å²) < 4.78 is 11.5. The van der Waals surface area contributed by atoms with Gasteiger partial charge in [0.1, 0.15) is 18.1 Å². The highest BCUT2D eigenvalue weighted by Crippen LogP contribution is 2.25. The number of benzene rings is 2. The molecule has 1 N–H and O–H groups in total. The van der Waals surface area contributed by atoms with Crippen LogP contribution in [0.5, 0.6) is 11.5 Å². The summed E-state index contributed by atoms with van der Waals surface area (Å²) >= 11 is 6.03. The second-order valence-corrected chi connectivity index (χ2v) is 5.86. The summed E-state index contributed by atoms with van der Waals surface area (Å²) in [6.07, 6.45) is 1.64. The zero-order chi connectivity index (χ0) is 18.2. The van der Waals surface area contributed by atoms with Crippen LogP contribution in [0.1, 0.15) is 28.4 Å². The Morgan fingerprint density at radius 2 is 2.04 bits per heavy atom. The first-order chi connectivity index (χ1) is 12.0. The van der Waals surface area contributed by atoms with Crippen molar-refractivity contribution in [3.05, 3.63) is 70.8 Å². The number of carbonyl (C=O) groups is 1. The Labute approximate surface area is 153 Å². The highest BCUT2D eigenvalue weighted by atomic mass is 35.5. The number of ether oxygens (including phenoxy) is 2. The highest BCUT2D eigenvalue weighted by Gasteiger charge is 2.11. The SMILES string of the molecule is C=CCNC(=O)c1ccc(OCC)c(COc2ccc(Cl)c(C)c2)c1. The fourth-order valence-electron chi connectivity index (χ4n) is 2.26. The van der Waals surface area contributed by atoms with Crippen LogP contribution in [0.3, 0.4) is 0 Å². The molecule has 0 aliphatic heterocycles. The van der Waals surface area contributed by atoms with E-state index >= 15 is 0 Å². The lowest BCUT2D eigenvalue weighted by atomic mass is 10.1. The van der Waals surface area contributed by atoms with Crippen LogP contribution in [0, 0.1) is 6.92 Å². The summed E-state index contributed by atoms with van der Waals surface area (Å²) in [4.78, 5) is 12.1. The Balaban J connectivity index is 2.18. The first-order valence-electron chi connectivity index (χ1n) is 8.09. The summed E-state index contributed by atoms with van der Waals surface area (Å²) in [6.45, 7) is 8.68. The first kappa shape index (κ1) is 18.9. The number of hydrogen-bond acceptors (Lipinski definition) is 3. The Morgan fingerprint density at radius 3 is 2.72 bits per heavy atom. The minimum Gasteiger partial charge on any atom is -0.493 e. The quantitative estimate of drug-likeness (QED) is 0.704. The van der Waals surface area contributed by atoms with Gasteiger partial charge in [-0.15, -0.1) is 6.58 Å². The molecule has 0 aromatic heterocycles. The molecule has 2 aromatic carbocycles. The molecule has 0 bridgehead atoms. The van der Waals surface area contributed by atoms with Crippen molar-refractivity contribution in [1.29, 1.82) is 0 Å². The summed E-state index contributed by atoms with van der Waals surface area (Å²) in [6, 6.07) is 10.8. The van der Waals surface area contributed by atoms with Crippen molar-refractivity contribution in [2.45, 2.75) is 20.5 Å². The van der Waals surface area contributed by atoms with Crippen molar-refractivity contribution in [2.75, 3.05) is 13.2 Å². The Morgan fingerprint density at radius 1 is 1.24 bits per heavy atom. The van der Waals surface area contributed by atoms with Crippen LogP contribution in [0.2, 0.25) is 5.02 Å². The molecule has 0 unspecified atom stereocenters. The Kier molecular flexibility index (Phi) is 6.90. The maximum atomic E-state index is 12.1. The van der Waals surface area contributed by atoms with Crippen molar-refractivity contribution in [2.24, 2.45) is 0 Å². The molecule has 0 spiro atoms. The lowest BCUT2D eigenvalue weighted by Crippen LogP contribution is -2.23. The van der Waals surface area contributed by atoms with Gasteiger partial charge in [-0.1, -0.05) is 17.7 Å². The third-order valence-electron chi connectivity index (χ3n) is 3.55. The molecule has 0 saturated heterocycles. The van der Waals surface area contributed by atoms with Gasteiger partial charge in [0.2, 0.25) is 0 Å². The molecular formula is C20H22ClNO3. The zero-order valence-corrected chi connectivity index (χ0v) is 15.2. The van der Waals surface area contributed by atoms with Gasteiger partial charge in [-0.3, -0.25) is 4.79 Å². The third kappa shape index (κ3) is 5.26. The van der Waals surface area contributed by atoms with Crippen LogP contribution < -0.4 is 14.8 Å². The maximum absolute atomic E-state index is 12.1. The van der Waals surface area contributed by atoms with E-state index in [-0.39, 0.29) is 5.91 Å². The second-order valence-electron chi connectivity index (χ2n) is 5.45. The van der Waals surface area contributed by atoms with Gasteiger partial charge in [0, 0.05) is 22.7 Å². The predicted octanol–water partition coefficient (Wildman–Crippen LogP) is 4.54.